The predicted molar refractivity (Wildman–Crippen MR) is 69.4 cm³/mol. The molecule has 0 atom stereocenters. The summed E-state index contributed by atoms with van der Waals surface area (Å²) in [5, 5.41) is 0. The predicted octanol–water partition coefficient (Wildman–Crippen LogP) is 3.22. The van der Waals surface area contributed by atoms with Crippen LogP contribution in [0.25, 0.3) is 11.4 Å². The first-order valence-electron chi connectivity index (χ1n) is 6.24. The van der Waals surface area contributed by atoms with Crippen molar-refractivity contribution in [1.82, 2.24) is 9.97 Å². The molecular weight excluding hydrogens is 224 g/mol. The summed E-state index contributed by atoms with van der Waals surface area (Å²) in [4.78, 5) is 19.4. The molecule has 0 amide bonds. The van der Waals surface area contributed by atoms with Gasteiger partial charge in [-0.05, 0) is 24.3 Å². The van der Waals surface area contributed by atoms with Crippen LogP contribution in [0.2, 0.25) is 0 Å². The maximum Gasteiger partial charge on any atom is 0.159 e. The Balaban J connectivity index is 1.84. The number of aromatic nitrogens is 2. The molecular formula is C15H14N2O. The Hall–Kier alpha value is -2.03. The van der Waals surface area contributed by atoms with Crippen molar-refractivity contribution in [3.63, 3.8) is 0 Å². The topological polar surface area (TPSA) is 42.9 Å². The fourth-order valence-corrected chi connectivity index (χ4v) is 2.15. The van der Waals surface area contributed by atoms with Crippen LogP contribution in [0.3, 0.4) is 0 Å². The monoisotopic (exact) mass is 238 g/mol. The molecule has 1 aromatic heterocycles. The summed E-state index contributed by atoms with van der Waals surface area (Å²) in [6, 6.07) is 7.32. The molecule has 1 fully saturated rings. The third-order valence-electron chi connectivity index (χ3n) is 3.55. The number of hydrogen-bond donors (Lipinski definition) is 0. The van der Waals surface area contributed by atoms with Crippen molar-refractivity contribution in [3.05, 3.63) is 47.8 Å². The van der Waals surface area contributed by atoms with Crippen molar-refractivity contribution < 1.29 is 4.79 Å². The lowest BCUT2D eigenvalue weighted by atomic mass is 9.81. The van der Waals surface area contributed by atoms with E-state index in [1.807, 2.05) is 24.5 Å². The molecule has 3 nitrogen and oxygen atoms in total. The molecule has 1 saturated carbocycles. The minimum absolute atomic E-state index is 0.663. The van der Waals surface area contributed by atoms with Crippen LogP contribution in [-0.4, -0.2) is 16.3 Å². The first-order valence-corrected chi connectivity index (χ1v) is 6.24. The summed E-state index contributed by atoms with van der Waals surface area (Å²) in [6.07, 6.45) is 8.54. The lowest BCUT2D eigenvalue weighted by Crippen LogP contribution is -2.09. The van der Waals surface area contributed by atoms with Crippen LogP contribution in [0, 0.1) is 0 Å². The van der Waals surface area contributed by atoms with E-state index in [0.717, 1.165) is 17.7 Å². The Morgan fingerprint density at radius 2 is 1.72 bits per heavy atom. The molecule has 0 unspecified atom stereocenters. The summed E-state index contributed by atoms with van der Waals surface area (Å²) in [5.74, 6) is 1.38. The third kappa shape index (κ3) is 2.04. The van der Waals surface area contributed by atoms with E-state index in [9.17, 15) is 4.79 Å². The number of aldehydes is 1. The minimum Gasteiger partial charge on any atom is -0.298 e. The summed E-state index contributed by atoms with van der Waals surface area (Å²) < 4.78 is 0. The molecule has 0 aliphatic heterocycles. The minimum atomic E-state index is 0.663. The molecule has 0 spiro atoms. The number of carbonyl (C=O) groups excluding carboxylic acids is 1. The van der Waals surface area contributed by atoms with E-state index in [1.165, 1.54) is 24.8 Å². The second-order valence-corrected chi connectivity index (χ2v) is 4.71. The van der Waals surface area contributed by atoms with E-state index in [-0.39, 0.29) is 0 Å². The Bertz CT molecular complexity index is 542. The largest absolute Gasteiger partial charge is 0.298 e. The highest BCUT2D eigenvalue weighted by Gasteiger charge is 2.19. The number of hydrogen-bond acceptors (Lipinski definition) is 3. The van der Waals surface area contributed by atoms with E-state index < -0.39 is 0 Å². The molecule has 1 heterocycles. The Kier molecular flexibility index (Phi) is 2.89. The molecule has 0 N–H and O–H groups in total. The maximum atomic E-state index is 10.6. The maximum absolute atomic E-state index is 10.6. The van der Waals surface area contributed by atoms with Crippen molar-refractivity contribution in [2.75, 3.05) is 0 Å². The summed E-state index contributed by atoms with van der Waals surface area (Å²) in [7, 11) is 0. The Labute approximate surface area is 106 Å². The first kappa shape index (κ1) is 11.1. The van der Waals surface area contributed by atoms with Gasteiger partial charge in [-0.25, -0.2) is 9.97 Å². The van der Waals surface area contributed by atoms with Gasteiger partial charge in [0.15, 0.2) is 5.82 Å². The van der Waals surface area contributed by atoms with Crippen molar-refractivity contribution >= 4 is 6.29 Å². The van der Waals surface area contributed by atoms with Crippen LogP contribution in [0.1, 0.15) is 41.1 Å². The average Bonchev–Trinajstić information content (AvgIpc) is 2.38. The number of nitrogens with zero attached hydrogens (tertiary/aromatic N) is 2. The molecule has 0 saturated heterocycles. The second kappa shape index (κ2) is 4.69. The van der Waals surface area contributed by atoms with Crippen LogP contribution >= 0.6 is 0 Å². The normalized spacial score (nSPS) is 15.1. The first-order chi connectivity index (χ1) is 8.86. The number of benzene rings is 1. The molecule has 1 aliphatic rings. The highest BCUT2D eigenvalue weighted by molar-refractivity contribution is 5.76. The molecule has 1 aliphatic carbocycles. The van der Waals surface area contributed by atoms with Gasteiger partial charge in [-0.15, -0.1) is 0 Å². The number of rotatable bonds is 3. The van der Waals surface area contributed by atoms with Crippen LogP contribution < -0.4 is 0 Å². The van der Waals surface area contributed by atoms with Gasteiger partial charge in [0.2, 0.25) is 0 Å². The Morgan fingerprint density at radius 3 is 2.22 bits per heavy atom. The van der Waals surface area contributed by atoms with Gasteiger partial charge in [-0.2, -0.15) is 0 Å². The zero-order chi connectivity index (χ0) is 12.4. The molecule has 3 rings (SSSR count). The van der Waals surface area contributed by atoms with Gasteiger partial charge in [0.05, 0.1) is 0 Å². The van der Waals surface area contributed by atoms with Gasteiger partial charge >= 0.3 is 0 Å². The zero-order valence-corrected chi connectivity index (χ0v) is 10.0. The van der Waals surface area contributed by atoms with Gasteiger partial charge in [-0.1, -0.05) is 30.7 Å². The zero-order valence-electron chi connectivity index (χ0n) is 10.0. The average molecular weight is 238 g/mol. The summed E-state index contributed by atoms with van der Waals surface area (Å²) >= 11 is 0. The van der Waals surface area contributed by atoms with E-state index in [4.69, 9.17) is 0 Å². The smallest absolute Gasteiger partial charge is 0.159 e. The van der Waals surface area contributed by atoms with Crippen molar-refractivity contribution in [1.29, 1.82) is 0 Å². The fourth-order valence-electron chi connectivity index (χ4n) is 2.15. The summed E-state index contributed by atoms with van der Waals surface area (Å²) in [5.41, 5.74) is 2.86. The fraction of sp³-hybridized carbons (Fsp3) is 0.267. The van der Waals surface area contributed by atoms with Crippen LogP contribution in [0.4, 0.5) is 0 Å². The Morgan fingerprint density at radius 1 is 1.06 bits per heavy atom. The third-order valence-corrected chi connectivity index (χ3v) is 3.55. The van der Waals surface area contributed by atoms with Gasteiger partial charge < -0.3 is 0 Å². The lowest BCUT2D eigenvalue weighted by Gasteiger charge is -2.24. The van der Waals surface area contributed by atoms with Gasteiger partial charge in [0.25, 0.3) is 0 Å². The number of carbonyl (C=O) groups is 1. The standard InChI is InChI=1S/C15H14N2O/c18-10-11-4-6-13(7-5-11)15-16-8-14(9-17-15)12-2-1-3-12/h4-10,12H,1-3H2. The highest BCUT2D eigenvalue weighted by Crippen LogP contribution is 2.35. The van der Waals surface area contributed by atoms with E-state index in [1.54, 1.807) is 12.1 Å². The molecule has 18 heavy (non-hydrogen) atoms. The van der Waals surface area contributed by atoms with Gasteiger partial charge in [-0.3, -0.25) is 4.79 Å². The van der Waals surface area contributed by atoms with Crippen LogP contribution in [0.5, 0.6) is 0 Å². The molecule has 2 aromatic rings. The van der Waals surface area contributed by atoms with Gasteiger partial charge in [0.1, 0.15) is 6.29 Å². The second-order valence-electron chi connectivity index (χ2n) is 4.71. The van der Waals surface area contributed by atoms with E-state index >= 15 is 0 Å². The van der Waals surface area contributed by atoms with E-state index in [2.05, 4.69) is 9.97 Å². The van der Waals surface area contributed by atoms with Gasteiger partial charge in [0, 0.05) is 23.5 Å². The van der Waals surface area contributed by atoms with Crippen molar-refractivity contribution in [2.24, 2.45) is 0 Å². The van der Waals surface area contributed by atoms with Crippen molar-refractivity contribution in [2.45, 2.75) is 25.2 Å². The molecule has 1 aromatic carbocycles. The quantitative estimate of drug-likeness (QED) is 0.771. The molecule has 90 valence electrons. The van der Waals surface area contributed by atoms with Crippen molar-refractivity contribution in [3.8, 4) is 11.4 Å². The molecule has 0 radical (unpaired) electrons. The van der Waals surface area contributed by atoms with Crippen LogP contribution in [-0.2, 0) is 0 Å². The molecule has 3 heteroatoms. The van der Waals surface area contributed by atoms with E-state index in [0.29, 0.717) is 11.5 Å². The lowest BCUT2D eigenvalue weighted by molar-refractivity contribution is 0.112. The van der Waals surface area contributed by atoms with Crippen LogP contribution in [0.15, 0.2) is 36.7 Å². The SMILES string of the molecule is O=Cc1ccc(-c2ncc(C3CCC3)cn2)cc1. The molecule has 0 bridgehead atoms. The summed E-state index contributed by atoms with van der Waals surface area (Å²) in [6.45, 7) is 0. The highest BCUT2D eigenvalue weighted by atomic mass is 16.1.